The van der Waals surface area contributed by atoms with E-state index in [0.29, 0.717) is 0 Å². The topological polar surface area (TPSA) is 25.8 Å². The minimum Gasteiger partial charge on any atom is -0.304 e. The zero-order valence-electron chi connectivity index (χ0n) is 25.3. The molecular formula is C38H38IrN2-2. The summed E-state index contributed by atoms with van der Waals surface area (Å²) in [6, 6.07) is 32.4. The second-order valence-electron chi connectivity index (χ2n) is 12.1. The third kappa shape index (κ3) is 5.85. The second kappa shape index (κ2) is 11.8. The van der Waals surface area contributed by atoms with Crippen LogP contribution in [0.5, 0.6) is 0 Å². The van der Waals surface area contributed by atoms with Crippen LogP contribution in [-0.4, -0.2) is 9.97 Å². The fraction of sp³-hybridized carbons (Fsp3) is 0.263. The quantitative estimate of drug-likeness (QED) is 0.170. The molecule has 0 bridgehead atoms. The Labute approximate surface area is 259 Å². The molecule has 1 aliphatic rings. The number of rotatable bonds is 2. The predicted molar refractivity (Wildman–Crippen MR) is 167 cm³/mol. The van der Waals surface area contributed by atoms with Crippen molar-refractivity contribution in [2.75, 3.05) is 0 Å². The van der Waals surface area contributed by atoms with Crippen LogP contribution < -0.4 is 0 Å². The predicted octanol–water partition coefficient (Wildman–Crippen LogP) is 9.56. The van der Waals surface area contributed by atoms with Crippen LogP contribution in [-0.2, 0) is 30.9 Å². The van der Waals surface area contributed by atoms with Gasteiger partial charge in [-0.25, -0.2) is 0 Å². The number of aromatic nitrogens is 2. The largest absolute Gasteiger partial charge is 0.304 e. The first-order valence-electron chi connectivity index (χ1n) is 14.0. The minimum atomic E-state index is 0. The van der Waals surface area contributed by atoms with Gasteiger partial charge in [0.15, 0.2) is 0 Å². The summed E-state index contributed by atoms with van der Waals surface area (Å²) in [5.74, 6) is 0. The molecule has 6 rings (SSSR count). The van der Waals surface area contributed by atoms with Gasteiger partial charge in [-0.05, 0) is 65.2 Å². The SMILES string of the molecule is Cc1c[c-]c(-c2cc(C)c(C)cn2)cc1.Cc1ccc(-c2[c-]cc3c(c2)-c2ccccc2C(C)(C)C3(C)C)nc1.[Ir]. The van der Waals surface area contributed by atoms with E-state index in [9.17, 15) is 0 Å². The van der Waals surface area contributed by atoms with Crippen LogP contribution >= 0.6 is 0 Å². The number of hydrogen-bond donors (Lipinski definition) is 0. The third-order valence-corrected chi connectivity index (χ3v) is 8.88. The van der Waals surface area contributed by atoms with Gasteiger partial charge in [-0.2, -0.15) is 0 Å². The Kier molecular flexibility index (Phi) is 8.83. The maximum absolute atomic E-state index is 4.59. The molecule has 3 heteroatoms. The molecule has 1 radical (unpaired) electrons. The van der Waals surface area contributed by atoms with Crippen molar-refractivity contribution in [2.45, 2.75) is 66.2 Å². The molecule has 2 heterocycles. The van der Waals surface area contributed by atoms with Crippen molar-refractivity contribution in [3.05, 3.63) is 131 Å². The minimum absolute atomic E-state index is 0. The van der Waals surface area contributed by atoms with Crippen molar-refractivity contribution in [2.24, 2.45) is 0 Å². The standard InChI is InChI=1S/C24H24N.C14H14N.Ir/c1-16-10-13-22(25-15-16)17-11-12-21-19(14-17)18-8-6-7-9-20(18)23(2,3)24(21,4)5;1-10-4-6-13(7-5-10)14-8-11(2)12(3)9-15-14;/h6-10,12-15H,1-5H3;4-6,8-9H,1-3H3;/q2*-1;. The summed E-state index contributed by atoms with van der Waals surface area (Å²) in [4.78, 5) is 8.99. The van der Waals surface area contributed by atoms with Gasteiger partial charge in [-0.1, -0.05) is 88.2 Å². The Bertz CT molecular complexity index is 1660. The number of hydrogen-bond acceptors (Lipinski definition) is 2. The van der Waals surface area contributed by atoms with Crippen molar-refractivity contribution in [1.29, 1.82) is 0 Å². The molecule has 2 nitrogen and oxygen atoms in total. The Hall–Kier alpha value is -3.39. The van der Waals surface area contributed by atoms with Gasteiger partial charge in [0.1, 0.15) is 0 Å². The third-order valence-electron chi connectivity index (χ3n) is 8.88. The number of pyridine rings is 2. The van der Waals surface area contributed by atoms with Crippen molar-refractivity contribution >= 4 is 0 Å². The molecule has 5 aromatic rings. The number of benzene rings is 3. The average Bonchev–Trinajstić information content (AvgIpc) is 2.95. The molecule has 0 N–H and O–H groups in total. The molecule has 0 fully saturated rings. The molecule has 1 aliphatic carbocycles. The Morgan fingerprint density at radius 3 is 1.88 bits per heavy atom. The molecule has 0 amide bonds. The van der Waals surface area contributed by atoms with Crippen molar-refractivity contribution in [3.8, 4) is 33.6 Å². The van der Waals surface area contributed by atoms with Gasteiger partial charge >= 0.3 is 0 Å². The van der Waals surface area contributed by atoms with Crippen LogP contribution in [0.15, 0.2) is 85.2 Å². The van der Waals surface area contributed by atoms with Gasteiger partial charge in [0.05, 0.1) is 0 Å². The second-order valence-corrected chi connectivity index (χ2v) is 12.1. The van der Waals surface area contributed by atoms with E-state index < -0.39 is 0 Å². The summed E-state index contributed by atoms with van der Waals surface area (Å²) in [6.45, 7) is 17.7. The molecule has 211 valence electrons. The fourth-order valence-corrected chi connectivity index (χ4v) is 5.38. The molecule has 0 aliphatic heterocycles. The van der Waals surface area contributed by atoms with Crippen molar-refractivity contribution in [3.63, 3.8) is 0 Å². The normalized spacial score (nSPS) is 14.0. The van der Waals surface area contributed by atoms with Crippen LogP contribution in [0.1, 0.15) is 61.1 Å². The Balaban J connectivity index is 0.000000208. The zero-order valence-corrected chi connectivity index (χ0v) is 27.7. The van der Waals surface area contributed by atoms with Crippen LogP contribution in [0.4, 0.5) is 0 Å². The van der Waals surface area contributed by atoms with Crippen LogP contribution in [0.25, 0.3) is 33.6 Å². The zero-order chi connectivity index (χ0) is 28.7. The van der Waals surface area contributed by atoms with E-state index in [2.05, 4.69) is 144 Å². The maximum atomic E-state index is 4.59. The van der Waals surface area contributed by atoms with E-state index in [1.165, 1.54) is 44.5 Å². The molecule has 2 aromatic heterocycles. The van der Waals surface area contributed by atoms with Gasteiger partial charge < -0.3 is 9.97 Å². The van der Waals surface area contributed by atoms with E-state index in [-0.39, 0.29) is 30.9 Å². The summed E-state index contributed by atoms with van der Waals surface area (Å²) >= 11 is 0. The molecule has 0 saturated heterocycles. The smallest absolute Gasteiger partial charge is 0.0192 e. The molecule has 41 heavy (non-hydrogen) atoms. The molecule has 3 aromatic carbocycles. The van der Waals surface area contributed by atoms with E-state index in [0.717, 1.165) is 22.5 Å². The maximum Gasteiger partial charge on any atom is 0.0192 e. The first-order valence-corrected chi connectivity index (χ1v) is 14.0. The summed E-state index contributed by atoms with van der Waals surface area (Å²) in [5.41, 5.74) is 14.5. The number of fused-ring (bicyclic) bond motifs is 3. The molecular weight excluding hydrogens is 677 g/mol. The van der Waals surface area contributed by atoms with Crippen LogP contribution in [0.3, 0.4) is 0 Å². The first-order chi connectivity index (χ1) is 19.0. The average molecular weight is 715 g/mol. The van der Waals surface area contributed by atoms with E-state index in [1.54, 1.807) is 0 Å². The Morgan fingerprint density at radius 2 is 1.22 bits per heavy atom. The van der Waals surface area contributed by atoms with Gasteiger partial charge in [-0.3, -0.25) is 0 Å². The molecule has 0 spiro atoms. The van der Waals surface area contributed by atoms with Crippen LogP contribution in [0, 0.1) is 39.8 Å². The fourth-order valence-electron chi connectivity index (χ4n) is 5.38. The summed E-state index contributed by atoms with van der Waals surface area (Å²) in [5, 5.41) is 0. The molecule has 0 saturated carbocycles. The monoisotopic (exact) mass is 715 g/mol. The molecule has 0 unspecified atom stereocenters. The summed E-state index contributed by atoms with van der Waals surface area (Å²) < 4.78 is 0. The van der Waals surface area contributed by atoms with Gasteiger partial charge in [0.2, 0.25) is 0 Å². The number of nitrogens with zero attached hydrogens (tertiary/aromatic N) is 2. The van der Waals surface area contributed by atoms with Gasteiger partial charge in [-0.15, -0.1) is 64.7 Å². The van der Waals surface area contributed by atoms with E-state index >= 15 is 0 Å². The van der Waals surface area contributed by atoms with E-state index in [1.807, 2.05) is 18.5 Å². The summed E-state index contributed by atoms with van der Waals surface area (Å²) in [6.07, 6.45) is 3.84. The van der Waals surface area contributed by atoms with E-state index in [4.69, 9.17) is 0 Å². The van der Waals surface area contributed by atoms with Gasteiger partial charge in [0.25, 0.3) is 0 Å². The van der Waals surface area contributed by atoms with Gasteiger partial charge in [0, 0.05) is 32.5 Å². The number of aryl methyl sites for hydroxylation is 4. The Morgan fingerprint density at radius 1 is 0.561 bits per heavy atom. The van der Waals surface area contributed by atoms with Crippen LogP contribution in [0.2, 0.25) is 0 Å². The first kappa shape index (κ1) is 30.6. The molecule has 0 atom stereocenters. The summed E-state index contributed by atoms with van der Waals surface area (Å²) in [7, 11) is 0. The van der Waals surface area contributed by atoms with Crippen molar-refractivity contribution < 1.29 is 20.1 Å². The van der Waals surface area contributed by atoms with Crippen molar-refractivity contribution in [1.82, 2.24) is 9.97 Å².